The van der Waals surface area contributed by atoms with E-state index in [2.05, 4.69) is 30.0 Å². The molecule has 0 atom stereocenters. The highest BCUT2D eigenvalue weighted by molar-refractivity contribution is 6.28. The molecule has 10 heteroatoms. The van der Waals surface area contributed by atoms with Gasteiger partial charge in [-0.15, -0.1) is 0 Å². The lowest BCUT2D eigenvalue weighted by Gasteiger charge is -2.46. The molecule has 9 nitrogen and oxygen atoms in total. The van der Waals surface area contributed by atoms with E-state index >= 15 is 0 Å². The Morgan fingerprint density at radius 2 is 1.97 bits per heavy atom. The van der Waals surface area contributed by atoms with E-state index in [9.17, 15) is 4.79 Å². The second kappa shape index (κ2) is 7.98. The Hall–Kier alpha value is -2.07. The molecule has 0 saturated carbocycles. The summed E-state index contributed by atoms with van der Waals surface area (Å²) < 4.78 is 5.45. The summed E-state index contributed by atoms with van der Waals surface area (Å²) in [6, 6.07) is 4.44. The van der Waals surface area contributed by atoms with E-state index in [1.165, 1.54) is 0 Å². The average molecular weight is 418 g/mol. The van der Waals surface area contributed by atoms with Gasteiger partial charge in [0.25, 0.3) is 0 Å². The summed E-state index contributed by atoms with van der Waals surface area (Å²) in [5.41, 5.74) is 2.54. The van der Waals surface area contributed by atoms with E-state index in [1.807, 2.05) is 12.1 Å². The fourth-order valence-corrected chi connectivity index (χ4v) is 4.37. The summed E-state index contributed by atoms with van der Waals surface area (Å²) in [5, 5.41) is 3.12. The molecule has 29 heavy (non-hydrogen) atoms. The number of amides is 1. The molecule has 1 N–H and O–H groups in total. The molecule has 5 heterocycles. The summed E-state index contributed by atoms with van der Waals surface area (Å²) in [7, 11) is 0. The number of halogens is 1. The number of anilines is 1. The van der Waals surface area contributed by atoms with Gasteiger partial charge in [0.15, 0.2) is 5.82 Å². The number of rotatable bonds is 4. The highest BCUT2D eigenvalue weighted by atomic mass is 35.5. The Labute approximate surface area is 174 Å². The third-order valence-electron chi connectivity index (χ3n) is 5.77. The number of nitrogens with zero attached hydrogens (tertiary/aromatic N) is 6. The normalized spacial score (nSPS) is 22.0. The first-order chi connectivity index (χ1) is 14.2. The topological polar surface area (TPSA) is 86.7 Å². The largest absolute Gasteiger partial charge is 0.378 e. The highest BCUT2D eigenvalue weighted by Crippen LogP contribution is 2.26. The van der Waals surface area contributed by atoms with Crippen molar-refractivity contribution in [1.29, 1.82) is 0 Å². The van der Waals surface area contributed by atoms with Crippen molar-refractivity contribution in [1.82, 2.24) is 30.1 Å². The van der Waals surface area contributed by atoms with Crippen molar-refractivity contribution in [3.8, 4) is 0 Å². The number of ether oxygens (including phenoxy) is 1. The molecule has 0 aliphatic carbocycles. The first kappa shape index (κ1) is 18.9. The maximum absolute atomic E-state index is 11.6. The number of pyridine rings is 1. The van der Waals surface area contributed by atoms with Crippen molar-refractivity contribution in [2.45, 2.75) is 12.6 Å². The Morgan fingerprint density at radius 3 is 2.76 bits per heavy atom. The predicted molar refractivity (Wildman–Crippen MR) is 109 cm³/mol. The minimum absolute atomic E-state index is 0.125. The molecule has 5 rings (SSSR count). The molecule has 2 aromatic rings. The van der Waals surface area contributed by atoms with Crippen LogP contribution in [0, 0.1) is 0 Å². The number of nitrogens with one attached hydrogen (secondary N) is 1. The third kappa shape index (κ3) is 4.00. The average Bonchev–Trinajstić information content (AvgIpc) is 2.70. The van der Waals surface area contributed by atoms with Gasteiger partial charge in [0.1, 0.15) is 5.52 Å². The number of hydrogen-bond donors (Lipinski definition) is 1. The van der Waals surface area contributed by atoms with E-state index in [0.29, 0.717) is 25.8 Å². The van der Waals surface area contributed by atoms with Crippen LogP contribution >= 0.6 is 11.6 Å². The van der Waals surface area contributed by atoms with Gasteiger partial charge < -0.3 is 15.0 Å². The monoisotopic (exact) mass is 417 g/mol. The van der Waals surface area contributed by atoms with Crippen molar-refractivity contribution >= 4 is 34.4 Å². The number of aromatic nitrogens is 3. The minimum atomic E-state index is 0.125. The maximum atomic E-state index is 11.6. The minimum Gasteiger partial charge on any atom is -0.378 e. The fraction of sp³-hybridized carbons (Fsp3) is 0.579. The lowest BCUT2D eigenvalue weighted by atomic mass is 10.1. The highest BCUT2D eigenvalue weighted by Gasteiger charge is 2.34. The lowest BCUT2D eigenvalue weighted by Crippen LogP contribution is -2.63. The molecular formula is C19H24ClN7O2. The molecule has 2 aromatic heterocycles. The van der Waals surface area contributed by atoms with Crippen LogP contribution in [0.25, 0.3) is 11.0 Å². The second-order valence-corrected chi connectivity index (χ2v) is 8.09. The van der Waals surface area contributed by atoms with Gasteiger partial charge in [0, 0.05) is 51.9 Å². The van der Waals surface area contributed by atoms with E-state index in [4.69, 9.17) is 21.3 Å². The fourth-order valence-electron chi connectivity index (χ4n) is 4.20. The van der Waals surface area contributed by atoms with Crippen molar-refractivity contribution in [2.24, 2.45) is 0 Å². The summed E-state index contributed by atoms with van der Waals surface area (Å²) in [6.45, 7) is 7.76. The summed E-state index contributed by atoms with van der Waals surface area (Å²) in [6.07, 6.45) is 0. The molecule has 154 valence electrons. The zero-order valence-corrected chi connectivity index (χ0v) is 16.9. The molecule has 3 saturated heterocycles. The SMILES string of the molecule is O=C1CN(C2CN(Cc3ccc4nc(Cl)nc(N5CCOCC5)c4n3)C2)CCN1. The van der Waals surface area contributed by atoms with Gasteiger partial charge in [-0.05, 0) is 23.7 Å². The van der Waals surface area contributed by atoms with Gasteiger partial charge in [-0.2, -0.15) is 4.98 Å². The second-order valence-electron chi connectivity index (χ2n) is 7.75. The van der Waals surface area contributed by atoms with Crippen molar-refractivity contribution < 1.29 is 9.53 Å². The molecule has 0 unspecified atom stereocenters. The van der Waals surface area contributed by atoms with Crippen LogP contribution in [0.1, 0.15) is 5.69 Å². The van der Waals surface area contributed by atoms with Gasteiger partial charge in [0.05, 0.1) is 31.0 Å². The maximum Gasteiger partial charge on any atom is 0.234 e. The van der Waals surface area contributed by atoms with Crippen LogP contribution in [0.3, 0.4) is 0 Å². The predicted octanol–water partition coefficient (Wildman–Crippen LogP) is 0.131. The standard InChI is InChI=1S/C19H24ClN7O2/c20-19-23-15-2-1-13(22-17(15)18(24-19)26-5-7-29-8-6-26)9-25-10-14(11-25)27-4-3-21-16(28)12-27/h1-2,14H,3-12H2,(H,21,28). The van der Waals surface area contributed by atoms with Crippen molar-refractivity contribution in [3.63, 3.8) is 0 Å². The van der Waals surface area contributed by atoms with Gasteiger partial charge in [0.2, 0.25) is 11.2 Å². The van der Waals surface area contributed by atoms with Crippen LogP contribution in [0.2, 0.25) is 5.28 Å². The van der Waals surface area contributed by atoms with E-state index in [1.54, 1.807) is 0 Å². The number of morpholine rings is 1. The molecule has 0 spiro atoms. The summed E-state index contributed by atoms with van der Waals surface area (Å²) in [5.74, 6) is 0.908. The number of hydrogen-bond acceptors (Lipinski definition) is 8. The van der Waals surface area contributed by atoms with Gasteiger partial charge in [-0.1, -0.05) is 0 Å². The smallest absolute Gasteiger partial charge is 0.234 e. The van der Waals surface area contributed by atoms with Gasteiger partial charge >= 0.3 is 0 Å². The van der Waals surface area contributed by atoms with Crippen LogP contribution in [-0.4, -0.2) is 95.7 Å². The Kier molecular flexibility index (Phi) is 5.21. The van der Waals surface area contributed by atoms with Crippen LogP contribution in [0.5, 0.6) is 0 Å². The Balaban J connectivity index is 1.30. The summed E-state index contributed by atoms with van der Waals surface area (Å²) >= 11 is 6.15. The van der Waals surface area contributed by atoms with Gasteiger partial charge in [-0.3, -0.25) is 14.6 Å². The number of carbonyl (C=O) groups is 1. The van der Waals surface area contributed by atoms with Crippen LogP contribution < -0.4 is 10.2 Å². The molecule has 3 aliphatic heterocycles. The summed E-state index contributed by atoms with van der Waals surface area (Å²) in [4.78, 5) is 32.1. The molecule has 3 fully saturated rings. The number of carbonyl (C=O) groups excluding carboxylic acids is 1. The molecular weight excluding hydrogens is 394 g/mol. The van der Waals surface area contributed by atoms with E-state index in [-0.39, 0.29) is 11.2 Å². The molecule has 0 radical (unpaired) electrons. The first-order valence-corrected chi connectivity index (χ1v) is 10.4. The van der Waals surface area contributed by atoms with E-state index < -0.39 is 0 Å². The molecule has 3 aliphatic rings. The van der Waals surface area contributed by atoms with Crippen LogP contribution in [-0.2, 0) is 16.1 Å². The molecule has 0 bridgehead atoms. The van der Waals surface area contributed by atoms with Gasteiger partial charge in [-0.25, -0.2) is 9.97 Å². The molecule has 1 amide bonds. The molecule has 0 aromatic carbocycles. The van der Waals surface area contributed by atoms with Crippen LogP contribution in [0.15, 0.2) is 12.1 Å². The first-order valence-electron chi connectivity index (χ1n) is 10.0. The Morgan fingerprint density at radius 1 is 1.14 bits per heavy atom. The Bertz CT molecular complexity index is 915. The quantitative estimate of drug-likeness (QED) is 0.702. The number of likely N-dealkylation sites (tertiary alicyclic amines) is 1. The van der Waals surface area contributed by atoms with Crippen LogP contribution in [0.4, 0.5) is 5.82 Å². The van der Waals surface area contributed by atoms with Crippen molar-refractivity contribution in [3.05, 3.63) is 23.1 Å². The number of piperazine rings is 1. The third-order valence-corrected chi connectivity index (χ3v) is 5.94. The van der Waals surface area contributed by atoms with Crippen molar-refractivity contribution in [2.75, 3.05) is 63.9 Å². The van der Waals surface area contributed by atoms with E-state index in [0.717, 1.165) is 68.4 Å². The lowest BCUT2D eigenvalue weighted by molar-refractivity contribution is -0.126. The number of fused-ring (bicyclic) bond motifs is 1. The zero-order chi connectivity index (χ0) is 19.8. The zero-order valence-electron chi connectivity index (χ0n) is 16.2.